The number of benzene rings is 1. The number of para-hydroxylation sites is 1. The van der Waals surface area contributed by atoms with Crippen molar-refractivity contribution in [1.29, 1.82) is 0 Å². The van der Waals surface area contributed by atoms with Gasteiger partial charge in [-0.25, -0.2) is 9.97 Å². The van der Waals surface area contributed by atoms with Crippen LogP contribution in [0.5, 0.6) is 0 Å². The van der Waals surface area contributed by atoms with E-state index in [4.69, 9.17) is 9.51 Å². The molecule has 0 saturated carbocycles. The zero-order valence-corrected chi connectivity index (χ0v) is 15.0. The SMILES string of the molecule is CCCCc1nc(CSc2nc3ccccc3c3nc(C)nn23)no1. The fourth-order valence-corrected chi connectivity index (χ4v) is 3.42. The van der Waals surface area contributed by atoms with Crippen molar-refractivity contribution in [3.8, 4) is 0 Å². The number of hydrogen-bond acceptors (Lipinski definition) is 7. The maximum atomic E-state index is 5.29. The van der Waals surface area contributed by atoms with Gasteiger partial charge in [0.1, 0.15) is 5.82 Å². The predicted molar refractivity (Wildman–Crippen MR) is 95.5 cm³/mol. The van der Waals surface area contributed by atoms with Gasteiger partial charge in [0.2, 0.25) is 5.89 Å². The third-order valence-corrected chi connectivity index (χ3v) is 4.76. The topological polar surface area (TPSA) is 82.0 Å². The van der Waals surface area contributed by atoms with Gasteiger partial charge in [-0.15, -0.1) is 5.10 Å². The van der Waals surface area contributed by atoms with Crippen molar-refractivity contribution in [2.45, 2.75) is 44.0 Å². The van der Waals surface area contributed by atoms with Gasteiger partial charge < -0.3 is 4.52 Å². The quantitative estimate of drug-likeness (QED) is 0.386. The minimum atomic E-state index is 0.578. The first kappa shape index (κ1) is 16.0. The van der Waals surface area contributed by atoms with Gasteiger partial charge in [0.15, 0.2) is 16.6 Å². The van der Waals surface area contributed by atoms with Gasteiger partial charge in [-0.3, -0.25) is 0 Å². The molecular formula is C17H18N6OS. The van der Waals surface area contributed by atoms with Crippen LogP contribution in [0, 0.1) is 6.92 Å². The molecule has 0 unspecified atom stereocenters. The van der Waals surface area contributed by atoms with Gasteiger partial charge in [0, 0.05) is 11.8 Å². The van der Waals surface area contributed by atoms with Crippen molar-refractivity contribution in [3.05, 3.63) is 41.8 Å². The van der Waals surface area contributed by atoms with E-state index in [1.54, 1.807) is 4.52 Å². The summed E-state index contributed by atoms with van der Waals surface area (Å²) < 4.78 is 7.08. The minimum Gasteiger partial charge on any atom is -0.339 e. The highest BCUT2D eigenvalue weighted by Gasteiger charge is 2.14. The second-order valence-corrected chi connectivity index (χ2v) is 6.75. The molecule has 0 bridgehead atoms. The Labute approximate surface area is 148 Å². The highest BCUT2D eigenvalue weighted by molar-refractivity contribution is 7.98. The number of fused-ring (bicyclic) bond motifs is 3. The van der Waals surface area contributed by atoms with E-state index in [0.717, 1.165) is 46.8 Å². The van der Waals surface area contributed by atoms with Gasteiger partial charge in [-0.1, -0.05) is 42.4 Å². The average Bonchev–Trinajstić information content (AvgIpc) is 3.24. The van der Waals surface area contributed by atoms with Crippen LogP contribution in [0.4, 0.5) is 0 Å². The normalized spacial score (nSPS) is 11.6. The zero-order chi connectivity index (χ0) is 17.2. The van der Waals surface area contributed by atoms with E-state index < -0.39 is 0 Å². The van der Waals surface area contributed by atoms with Crippen LogP contribution in [0.15, 0.2) is 33.9 Å². The molecule has 4 aromatic rings. The molecule has 1 aromatic carbocycles. The number of unbranched alkanes of at least 4 members (excludes halogenated alkanes) is 1. The van der Waals surface area contributed by atoms with Gasteiger partial charge >= 0.3 is 0 Å². The molecule has 0 saturated heterocycles. The molecule has 0 aliphatic rings. The average molecular weight is 354 g/mol. The molecule has 0 aliphatic heterocycles. The highest BCUT2D eigenvalue weighted by Crippen LogP contribution is 2.25. The van der Waals surface area contributed by atoms with Crippen LogP contribution in [-0.2, 0) is 12.2 Å². The molecule has 7 nitrogen and oxygen atoms in total. The van der Waals surface area contributed by atoms with E-state index >= 15 is 0 Å². The Bertz CT molecular complexity index is 1020. The zero-order valence-electron chi connectivity index (χ0n) is 14.1. The number of hydrogen-bond donors (Lipinski definition) is 0. The number of thioether (sulfide) groups is 1. The Kier molecular flexibility index (Phi) is 4.35. The molecule has 0 N–H and O–H groups in total. The molecule has 25 heavy (non-hydrogen) atoms. The number of aryl methyl sites for hydroxylation is 2. The van der Waals surface area contributed by atoms with Crippen LogP contribution in [0.25, 0.3) is 16.6 Å². The largest absolute Gasteiger partial charge is 0.339 e. The molecule has 0 atom stereocenters. The van der Waals surface area contributed by atoms with E-state index in [9.17, 15) is 0 Å². The van der Waals surface area contributed by atoms with Crippen LogP contribution >= 0.6 is 11.8 Å². The van der Waals surface area contributed by atoms with Crippen LogP contribution in [0.2, 0.25) is 0 Å². The fourth-order valence-electron chi connectivity index (χ4n) is 2.63. The smallest absolute Gasteiger partial charge is 0.226 e. The third kappa shape index (κ3) is 3.21. The summed E-state index contributed by atoms with van der Waals surface area (Å²) in [6.45, 7) is 4.03. The molecular weight excluding hydrogens is 336 g/mol. The van der Waals surface area contributed by atoms with E-state index in [-0.39, 0.29) is 0 Å². The van der Waals surface area contributed by atoms with Crippen LogP contribution < -0.4 is 0 Å². The Morgan fingerprint density at radius 2 is 2.04 bits per heavy atom. The first-order valence-electron chi connectivity index (χ1n) is 8.31. The lowest BCUT2D eigenvalue weighted by Crippen LogP contribution is -1.99. The highest BCUT2D eigenvalue weighted by atomic mass is 32.2. The van der Waals surface area contributed by atoms with Gasteiger partial charge in [0.25, 0.3) is 0 Å². The number of nitrogens with zero attached hydrogens (tertiary/aromatic N) is 6. The van der Waals surface area contributed by atoms with Gasteiger partial charge in [-0.05, 0) is 25.5 Å². The summed E-state index contributed by atoms with van der Waals surface area (Å²) in [6, 6.07) is 7.96. The van der Waals surface area contributed by atoms with Gasteiger partial charge in [0.05, 0.1) is 11.3 Å². The Morgan fingerprint density at radius 1 is 1.16 bits per heavy atom. The molecule has 0 aliphatic carbocycles. The lowest BCUT2D eigenvalue weighted by atomic mass is 10.2. The molecule has 0 spiro atoms. The Hall–Kier alpha value is -2.48. The summed E-state index contributed by atoms with van der Waals surface area (Å²) in [6.07, 6.45) is 2.99. The summed E-state index contributed by atoms with van der Waals surface area (Å²) >= 11 is 1.53. The summed E-state index contributed by atoms with van der Waals surface area (Å²) in [5.41, 5.74) is 1.73. The fraction of sp³-hybridized carbons (Fsp3) is 0.353. The summed E-state index contributed by atoms with van der Waals surface area (Å²) in [4.78, 5) is 13.7. The summed E-state index contributed by atoms with van der Waals surface area (Å²) in [7, 11) is 0. The molecule has 0 amide bonds. The Morgan fingerprint density at radius 3 is 2.92 bits per heavy atom. The second kappa shape index (κ2) is 6.79. The van der Waals surface area contributed by atoms with Crippen molar-refractivity contribution >= 4 is 28.3 Å². The molecule has 8 heteroatoms. The molecule has 3 heterocycles. The number of rotatable bonds is 6. The van der Waals surface area contributed by atoms with E-state index in [1.165, 1.54) is 11.8 Å². The molecule has 4 rings (SSSR count). The molecule has 3 aromatic heterocycles. The van der Waals surface area contributed by atoms with Crippen LogP contribution in [-0.4, -0.2) is 29.7 Å². The van der Waals surface area contributed by atoms with Crippen LogP contribution in [0.1, 0.15) is 37.3 Å². The monoisotopic (exact) mass is 354 g/mol. The minimum absolute atomic E-state index is 0.578. The van der Waals surface area contributed by atoms with Crippen molar-refractivity contribution < 1.29 is 4.52 Å². The van der Waals surface area contributed by atoms with Crippen molar-refractivity contribution in [3.63, 3.8) is 0 Å². The van der Waals surface area contributed by atoms with Gasteiger partial charge in [-0.2, -0.15) is 9.50 Å². The molecule has 0 fully saturated rings. The standard InChI is InChI=1S/C17H18N6OS/c1-3-4-9-15-20-14(22-24-15)10-25-17-19-13-8-6-5-7-12(13)16-18-11(2)21-23(16)17/h5-8H,3-4,9-10H2,1-2H3. The predicted octanol–water partition coefficient (Wildman–Crippen LogP) is 3.60. The Balaban J connectivity index is 1.63. The number of aromatic nitrogens is 6. The van der Waals surface area contributed by atoms with Crippen LogP contribution in [0.3, 0.4) is 0 Å². The summed E-state index contributed by atoms with van der Waals surface area (Å²) in [5, 5.41) is 10.3. The molecule has 0 radical (unpaired) electrons. The first-order valence-corrected chi connectivity index (χ1v) is 9.29. The van der Waals surface area contributed by atoms with E-state index in [0.29, 0.717) is 17.5 Å². The van der Waals surface area contributed by atoms with E-state index in [1.807, 2.05) is 31.2 Å². The van der Waals surface area contributed by atoms with Crippen molar-refractivity contribution in [2.24, 2.45) is 0 Å². The van der Waals surface area contributed by atoms with E-state index in [2.05, 4.69) is 27.1 Å². The maximum absolute atomic E-state index is 5.29. The summed E-state index contributed by atoms with van der Waals surface area (Å²) in [5.74, 6) is 2.68. The van der Waals surface area contributed by atoms with Crippen molar-refractivity contribution in [2.75, 3.05) is 0 Å². The lowest BCUT2D eigenvalue weighted by molar-refractivity contribution is 0.371. The molecule has 128 valence electrons. The second-order valence-electron chi connectivity index (χ2n) is 5.80. The lowest BCUT2D eigenvalue weighted by Gasteiger charge is -2.04. The third-order valence-electron chi connectivity index (χ3n) is 3.84. The van der Waals surface area contributed by atoms with Crippen molar-refractivity contribution in [1.82, 2.24) is 29.7 Å². The first-order chi connectivity index (χ1) is 12.2. The maximum Gasteiger partial charge on any atom is 0.226 e.